The summed E-state index contributed by atoms with van der Waals surface area (Å²) in [5.41, 5.74) is 2.21. The zero-order chi connectivity index (χ0) is 21.4. The largest absolute Gasteiger partial charge is 0.331 e. The van der Waals surface area contributed by atoms with Crippen LogP contribution in [0.4, 0.5) is 5.82 Å². The third kappa shape index (κ3) is 3.46. The number of nitrogens with zero attached hydrogens (tertiary/aromatic N) is 6. The minimum Gasteiger partial charge on any atom is -0.331 e. The van der Waals surface area contributed by atoms with E-state index in [1.807, 2.05) is 48.7 Å². The Balaban J connectivity index is 1.41. The van der Waals surface area contributed by atoms with Crippen LogP contribution >= 0.6 is 0 Å². The summed E-state index contributed by atoms with van der Waals surface area (Å²) in [6.07, 6.45) is 8.92. The van der Waals surface area contributed by atoms with Gasteiger partial charge in [-0.25, -0.2) is 4.98 Å². The highest BCUT2D eigenvalue weighted by molar-refractivity contribution is 6.10. The molecule has 1 aliphatic heterocycles. The molecule has 4 aromatic rings. The molecule has 4 heterocycles. The fourth-order valence-electron chi connectivity index (χ4n) is 3.54. The molecular formula is C22H19N7O2. The molecule has 2 amide bonds. The Morgan fingerprint density at radius 3 is 2.58 bits per heavy atom. The average Bonchev–Trinajstić information content (AvgIpc) is 3.53. The van der Waals surface area contributed by atoms with Gasteiger partial charge in [0.15, 0.2) is 0 Å². The van der Waals surface area contributed by atoms with Crippen LogP contribution in [0.15, 0.2) is 67.1 Å². The van der Waals surface area contributed by atoms with Crippen LogP contribution in [0.5, 0.6) is 0 Å². The number of nitrogens with one attached hydrogen (secondary N) is 1. The Kier molecular flexibility index (Phi) is 4.55. The van der Waals surface area contributed by atoms with Crippen LogP contribution < -0.4 is 5.32 Å². The number of hydrogen-bond acceptors (Lipinski definition) is 5. The summed E-state index contributed by atoms with van der Waals surface area (Å²) in [4.78, 5) is 36.4. The highest BCUT2D eigenvalue weighted by Crippen LogP contribution is 2.19. The van der Waals surface area contributed by atoms with Crippen LogP contribution in [0.1, 0.15) is 20.8 Å². The third-order valence-electron chi connectivity index (χ3n) is 5.13. The first-order valence-corrected chi connectivity index (χ1v) is 9.79. The van der Waals surface area contributed by atoms with Crippen molar-refractivity contribution in [1.82, 2.24) is 29.0 Å². The van der Waals surface area contributed by atoms with Gasteiger partial charge in [0.2, 0.25) is 5.78 Å². The Hall–Kier alpha value is -4.27. The molecule has 0 atom stereocenters. The number of carbonyl (C=O) groups excluding carboxylic acids is 2. The number of amides is 2. The van der Waals surface area contributed by atoms with E-state index >= 15 is 0 Å². The lowest BCUT2D eigenvalue weighted by molar-refractivity contribution is 0.0794. The maximum Gasteiger partial charge on any atom is 0.275 e. The number of hydrogen-bond donors (Lipinski definition) is 1. The van der Waals surface area contributed by atoms with E-state index < -0.39 is 5.91 Å². The molecule has 9 heteroatoms. The van der Waals surface area contributed by atoms with E-state index in [9.17, 15) is 9.59 Å². The van der Waals surface area contributed by atoms with Gasteiger partial charge in [-0.2, -0.15) is 10.1 Å². The number of benzene rings is 1. The van der Waals surface area contributed by atoms with Crippen LogP contribution in [0.25, 0.3) is 17.0 Å². The van der Waals surface area contributed by atoms with Crippen LogP contribution in [-0.2, 0) is 7.05 Å². The fraction of sp³-hybridized carbons (Fsp3) is 0.136. The van der Waals surface area contributed by atoms with Crippen molar-refractivity contribution in [3.05, 3.63) is 78.4 Å². The number of fused-ring (bicyclic) bond motifs is 1. The van der Waals surface area contributed by atoms with Crippen LogP contribution in [0, 0.1) is 0 Å². The summed E-state index contributed by atoms with van der Waals surface area (Å²) < 4.78 is 3.19. The molecule has 0 unspecified atom stereocenters. The van der Waals surface area contributed by atoms with Crippen molar-refractivity contribution in [2.75, 3.05) is 18.4 Å². The molecule has 0 radical (unpaired) electrons. The first-order chi connectivity index (χ1) is 15.1. The highest BCUT2D eigenvalue weighted by atomic mass is 16.2. The molecule has 0 bridgehead atoms. The number of aryl methyl sites for hydroxylation is 1. The standard InChI is InChI=1S/C22H19N7O2/c1-27-19(16(13-23-27)21(31)28-10-5-6-11-28)20(30)25-18-9-12-29-14-17(24-22(29)26-18)15-7-3-2-4-8-15/h2-9,12-14H,10-11H2,1H3,(H,24,25,26,30). The van der Waals surface area contributed by atoms with Crippen molar-refractivity contribution in [3.8, 4) is 11.3 Å². The smallest absolute Gasteiger partial charge is 0.275 e. The second-order valence-corrected chi connectivity index (χ2v) is 7.18. The van der Waals surface area contributed by atoms with E-state index in [1.165, 1.54) is 10.9 Å². The number of rotatable bonds is 4. The number of aromatic nitrogens is 5. The van der Waals surface area contributed by atoms with Gasteiger partial charge in [-0.05, 0) is 6.07 Å². The summed E-state index contributed by atoms with van der Waals surface area (Å²) in [6, 6.07) is 11.5. The van der Waals surface area contributed by atoms with Crippen molar-refractivity contribution in [1.29, 1.82) is 0 Å². The van der Waals surface area contributed by atoms with Crippen LogP contribution in [-0.4, -0.2) is 54.0 Å². The minimum atomic E-state index is -0.456. The molecule has 1 aromatic carbocycles. The first-order valence-electron chi connectivity index (χ1n) is 9.79. The topological polar surface area (TPSA) is 97.4 Å². The van der Waals surface area contributed by atoms with Gasteiger partial charge in [0, 0.05) is 38.1 Å². The second kappa shape index (κ2) is 7.52. The molecule has 3 aromatic heterocycles. The fourth-order valence-corrected chi connectivity index (χ4v) is 3.54. The predicted octanol–water partition coefficient (Wildman–Crippen LogP) is 2.39. The van der Waals surface area contributed by atoms with E-state index in [0.29, 0.717) is 24.7 Å². The van der Waals surface area contributed by atoms with Gasteiger partial charge in [0.1, 0.15) is 11.5 Å². The molecule has 1 N–H and O–H groups in total. The van der Waals surface area contributed by atoms with Crippen molar-refractivity contribution in [2.24, 2.45) is 7.05 Å². The Morgan fingerprint density at radius 2 is 1.81 bits per heavy atom. The zero-order valence-corrected chi connectivity index (χ0v) is 16.8. The van der Waals surface area contributed by atoms with Crippen molar-refractivity contribution in [2.45, 2.75) is 0 Å². The third-order valence-corrected chi connectivity index (χ3v) is 5.13. The molecule has 0 fully saturated rings. The number of imidazole rings is 1. The number of anilines is 1. The van der Waals surface area contributed by atoms with E-state index in [-0.39, 0.29) is 17.2 Å². The highest BCUT2D eigenvalue weighted by Gasteiger charge is 2.26. The summed E-state index contributed by atoms with van der Waals surface area (Å²) >= 11 is 0. The van der Waals surface area contributed by atoms with Crippen molar-refractivity contribution >= 4 is 23.4 Å². The second-order valence-electron chi connectivity index (χ2n) is 7.18. The molecule has 5 rings (SSSR count). The monoisotopic (exact) mass is 413 g/mol. The minimum absolute atomic E-state index is 0.187. The molecule has 154 valence electrons. The maximum absolute atomic E-state index is 13.0. The van der Waals surface area contributed by atoms with E-state index in [2.05, 4.69) is 20.4 Å². The van der Waals surface area contributed by atoms with Gasteiger partial charge in [-0.3, -0.25) is 18.7 Å². The molecule has 0 spiro atoms. The van der Waals surface area contributed by atoms with Gasteiger partial charge in [-0.1, -0.05) is 42.5 Å². The number of carbonyl (C=O) groups is 2. The van der Waals surface area contributed by atoms with Crippen LogP contribution in [0.2, 0.25) is 0 Å². The average molecular weight is 413 g/mol. The molecule has 31 heavy (non-hydrogen) atoms. The molecule has 0 saturated heterocycles. The molecule has 9 nitrogen and oxygen atoms in total. The van der Waals surface area contributed by atoms with Gasteiger partial charge < -0.3 is 10.2 Å². The van der Waals surface area contributed by atoms with Gasteiger partial charge in [-0.15, -0.1) is 0 Å². The summed E-state index contributed by atoms with van der Waals surface area (Å²) in [7, 11) is 1.63. The molecular weight excluding hydrogens is 394 g/mol. The SMILES string of the molecule is Cn1ncc(C(=O)N2CC=CC2)c1C(=O)Nc1ccn2cc(-c3ccccc3)nc2n1. The van der Waals surface area contributed by atoms with E-state index in [0.717, 1.165) is 11.3 Å². The Morgan fingerprint density at radius 1 is 1.03 bits per heavy atom. The zero-order valence-electron chi connectivity index (χ0n) is 16.8. The normalized spacial score (nSPS) is 13.1. The molecule has 0 saturated carbocycles. The Bertz CT molecular complexity index is 1310. The van der Waals surface area contributed by atoms with E-state index in [1.54, 1.807) is 28.6 Å². The summed E-state index contributed by atoms with van der Waals surface area (Å²) in [5, 5.41) is 6.87. The van der Waals surface area contributed by atoms with Gasteiger partial charge >= 0.3 is 0 Å². The summed E-state index contributed by atoms with van der Waals surface area (Å²) in [5.74, 6) is 0.112. The quantitative estimate of drug-likeness (QED) is 0.518. The molecule has 0 aliphatic carbocycles. The Labute approximate surface area is 177 Å². The van der Waals surface area contributed by atoms with Gasteiger partial charge in [0.25, 0.3) is 11.8 Å². The lowest BCUT2D eigenvalue weighted by Gasteiger charge is -2.15. The first kappa shape index (κ1) is 18.7. The molecule has 1 aliphatic rings. The lowest BCUT2D eigenvalue weighted by Crippen LogP contribution is -2.30. The summed E-state index contributed by atoms with van der Waals surface area (Å²) in [6.45, 7) is 1.05. The van der Waals surface area contributed by atoms with Crippen molar-refractivity contribution < 1.29 is 9.59 Å². The predicted molar refractivity (Wildman–Crippen MR) is 115 cm³/mol. The van der Waals surface area contributed by atoms with Crippen molar-refractivity contribution in [3.63, 3.8) is 0 Å². The maximum atomic E-state index is 13.0. The van der Waals surface area contributed by atoms with E-state index in [4.69, 9.17) is 0 Å². The lowest BCUT2D eigenvalue weighted by atomic mass is 10.2. The van der Waals surface area contributed by atoms with Crippen LogP contribution in [0.3, 0.4) is 0 Å². The van der Waals surface area contributed by atoms with Gasteiger partial charge in [0.05, 0.1) is 17.5 Å².